The summed E-state index contributed by atoms with van der Waals surface area (Å²) in [4.78, 5) is 25.1. The summed E-state index contributed by atoms with van der Waals surface area (Å²) in [5, 5.41) is 8.96. The van der Waals surface area contributed by atoms with E-state index in [4.69, 9.17) is 9.84 Å². The molecule has 1 atom stereocenters. The third kappa shape index (κ3) is 3.57. The smallest absolute Gasteiger partial charge is 0.335 e. The van der Waals surface area contributed by atoms with Gasteiger partial charge in [-0.25, -0.2) is 4.79 Å². The van der Waals surface area contributed by atoms with Gasteiger partial charge in [-0.05, 0) is 31.0 Å². The van der Waals surface area contributed by atoms with Crippen LogP contribution in [0, 0.1) is 0 Å². The van der Waals surface area contributed by atoms with Crippen molar-refractivity contribution in [3.63, 3.8) is 0 Å². The normalized spacial score (nSPS) is 19.4. The second kappa shape index (κ2) is 6.52. The Hall–Kier alpha value is -1.88. The van der Waals surface area contributed by atoms with E-state index < -0.39 is 5.97 Å². The molecule has 0 saturated carbocycles. The van der Waals surface area contributed by atoms with Crippen molar-refractivity contribution in [2.24, 2.45) is 0 Å². The van der Waals surface area contributed by atoms with Crippen LogP contribution in [0.5, 0.6) is 0 Å². The number of aromatic carboxylic acids is 1. The molecule has 1 fully saturated rings. The van der Waals surface area contributed by atoms with Crippen molar-refractivity contribution in [3.8, 4) is 0 Å². The van der Waals surface area contributed by atoms with Crippen LogP contribution in [-0.4, -0.2) is 47.7 Å². The number of nitrogens with zero attached hydrogens (tertiary/aromatic N) is 1. The summed E-state index contributed by atoms with van der Waals surface area (Å²) in [6, 6.07) is 6.69. The Balaban J connectivity index is 2.06. The number of benzene rings is 1. The van der Waals surface area contributed by atoms with Gasteiger partial charge in [-0.1, -0.05) is 12.1 Å². The first-order valence-electron chi connectivity index (χ1n) is 6.77. The molecule has 5 heteroatoms. The molecule has 2 rings (SSSR count). The Morgan fingerprint density at radius 1 is 1.40 bits per heavy atom. The van der Waals surface area contributed by atoms with Crippen LogP contribution in [0.4, 0.5) is 0 Å². The lowest BCUT2D eigenvalue weighted by Gasteiger charge is -2.26. The van der Waals surface area contributed by atoms with Crippen molar-refractivity contribution in [2.75, 3.05) is 19.8 Å². The summed E-state index contributed by atoms with van der Waals surface area (Å²) in [7, 11) is 0. The van der Waals surface area contributed by atoms with Gasteiger partial charge >= 0.3 is 5.97 Å². The molecular weight excluding hydrogens is 258 g/mol. The highest BCUT2D eigenvalue weighted by Gasteiger charge is 2.22. The molecule has 1 aromatic carbocycles. The van der Waals surface area contributed by atoms with Crippen LogP contribution in [0.15, 0.2) is 24.3 Å². The van der Waals surface area contributed by atoms with Crippen molar-refractivity contribution in [1.82, 2.24) is 4.90 Å². The van der Waals surface area contributed by atoms with Crippen LogP contribution in [0.1, 0.15) is 29.3 Å². The quantitative estimate of drug-likeness (QED) is 0.910. The van der Waals surface area contributed by atoms with E-state index in [0.29, 0.717) is 19.8 Å². The van der Waals surface area contributed by atoms with Gasteiger partial charge in [-0.15, -0.1) is 0 Å². The number of hydrogen-bond donors (Lipinski definition) is 1. The summed E-state index contributed by atoms with van der Waals surface area (Å²) >= 11 is 0. The zero-order valence-electron chi connectivity index (χ0n) is 11.5. The summed E-state index contributed by atoms with van der Waals surface area (Å²) in [6.45, 7) is 3.85. The van der Waals surface area contributed by atoms with Gasteiger partial charge in [0.05, 0.1) is 18.6 Å². The van der Waals surface area contributed by atoms with Gasteiger partial charge < -0.3 is 14.7 Å². The highest BCUT2D eigenvalue weighted by molar-refractivity contribution is 5.88. The predicted molar refractivity (Wildman–Crippen MR) is 73.7 cm³/mol. The fourth-order valence-corrected chi connectivity index (χ4v) is 2.36. The Morgan fingerprint density at radius 2 is 2.20 bits per heavy atom. The molecule has 20 heavy (non-hydrogen) atoms. The minimum atomic E-state index is -0.976. The number of carboxylic acids is 1. The largest absolute Gasteiger partial charge is 0.478 e. The maximum Gasteiger partial charge on any atom is 0.335 e. The Morgan fingerprint density at radius 3 is 2.95 bits per heavy atom. The number of ether oxygens (including phenoxy) is 1. The number of carbonyl (C=O) groups excluding carboxylic acids is 1. The van der Waals surface area contributed by atoms with E-state index in [-0.39, 0.29) is 23.9 Å². The molecule has 0 bridgehead atoms. The molecule has 1 heterocycles. The van der Waals surface area contributed by atoms with Crippen LogP contribution in [0.3, 0.4) is 0 Å². The first-order valence-corrected chi connectivity index (χ1v) is 6.77. The van der Waals surface area contributed by atoms with Crippen LogP contribution in [-0.2, 0) is 16.0 Å². The molecule has 0 aliphatic carbocycles. The average Bonchev–Trinajstić information content (AvgIpc) is 2.63. The van der Waals surface area contributed by atoms with Crippen molar-refractivity contribution in [1.29, 1.82) is 0 Å². The van der Waals surface area contributed by atoms with Gasteiger partial charge in [0.25, 0.3) is 0 Å². The van der Waals surface area contributed by atoms with Crippen molar-refractivity contribution >= 4 is 11.9 Å². The zero-order chi connectivity index (χ0) is 14.5. The second-order valence-electron chi connectivity index (χ2n) is 5.02. The van der Waals surface area contributed by atoms with Crippen molar-refractivity contribution in [2.45, 2.75) is 25.8 Å². The average molecular weight is 277 g/mol. The minimum Gasteiger partial charge on any atom is -0.478 e. The van der Waals surface area contributed by atoms with Crippen molar-refractivity contribution < 1.29 is 19.4 Å². The molecule has 0 aromatic heterocycles. The van der Waals surface area contributed by atoms with Gasteiger partial charge in [-0.2, -0.15) is 0 Å². The van der Waals surface area contributed by atoms with E-state index in [9.17, 15) is 9.59 Å². The monoisotopic (exact) mass is 277 g/mol. The lowest BCUT2D eigenvalue weighted by Crippen LogP contribution is -2.40. The fourth-order valence-electron chi connectivity index (χ4n) is 2.36. The minimum absolute atomic E-state index is 0.0190. The molecule has 1 unspecified atom stereocenters. The number of rotatable bonds is 3. The van der Waals surface area contributed by atoms with E-state index in [1.807, 2.05) is 11.8 Å². The van der Waals surface area contributed by atoms with Gasteiger partial charge in [0, 0.05) is 19.2 Å². The molecule has 1 aliphatic rings. The number of carboxylic acid groups (broad SMARTS) is 1. The first-order chi connectivity index (χ1) is 9.58. The number of hydrogen-bond acceptors (Lipinski definition) is 3. The van der Waals surface area contributed by atoms with Crippen molar-refractivity contribution in [3.05, 3.63) is 35.4 Å². The Bertz CT molecular complexity index is 500. The highest BCUT2D eigenvalue weighted by atomic mass is 16.5. The van der Waals surface area contributed by atoms with E-state index in [0.717, 1.165) is 12.0 Å². The summed E-state index contributed by atoms with van der Waals surface area (Å²) in [6.07, 6.45) is 1.06. The van der Waals surface area contributed by atoms with Gasteiger partial charge in [-0.3, -0.25) is 4.79 Å². The SMILES string of the molecule is CC1CCOCCN1C(=O)Cc1cccc(C(=O)O)c1. The Labute approximate surface area is 118 Å². The Kier molecular flexibility index (Phi) is 4.74. The molecule has 1 aliphatic heterocycles. The standard InChI is InChI=1S/C15H19NO4/c1-11-5-7-20-8-6-16(11)14(17)10-12-3-2-4-13(9-12)15(18)19/h2-4,9,11H,5-8,10H2,1H3,(H,18,19). The number of carbonyl (C=O) groups is 2. The van der Waals surface area contributed by atoms with Crippen LogP contribution in [0.25, 0.3) is 0 Å². The molecule has 0 radical (unpaired) electrons. The van der Waals surface area contributed by atoms with E-state index >= 15 is 0 Å². The molecule has 1 saturated heterocycles. The molecule has 1 aromatic rings. The predicted octanol–water partition coefficient (Wildman–Crippen LogP) is 1.56. The fraction of sp³-hybridized carbons (Fsp3) is 0.467. The lowest BCUT2D eigenvalue weighted by molar-refractivity contribution is -0.132. The molecular formula is C15H19NO4. The topological polar surface area (TPSA) is 66.8 Å². The van der Waals surface area contributed by atoms with Crippen LogP contribution < -0.4 is 0 Å². The van der Waals surface area contributed by atoms with Crippen LogP contribution >= 0.6 is 0 Å². The van der Waals surface area contributed by atoms with E-state index in [1.54, 1.807) is 18.2 Å². The maximum atomic E-state index is 12.3. The summed E-state index contributed by atoms with van der Waals surface area (Å²) < 4.78 is 5.37. The molecule has 5 nitrogen and oxygen atoms in total. The van der Waals surface area contributed by atoms with E-state index in [1.165, 1.54) is 6.07 Å². The van der Waals surface area contributed by atoms with Gasteiger partial charge in [0.1, 0.15) is 0 Å². The summed E-state index contributed by atoms with van der Waals surface area (Å²) in [5.41, 5.74) is 0.940. The lowest BCUT2D eigenvalue weighted by atomic mass is 10.1. The second-order valence-corrected chi connectivity index (χ2v) is 5.02. The third-order valence-electron chi connectivity index (χ3n) is 3.54. The van der Waals surface area contributed by atoms with Crippen LogP contribution in [0.2, 0.25) is 0 Å². The number of amides is 1. The zero-order valence-corrected chi connectivity index (χ0v) is 11.5. The third-order valence-corrected chi connectivity index (χ3v) is 3.54. The summed E-state index contributed by atoms with van der Waals surface area (Å²) in [5.74, 6) is -0.957. The van der Waals surface area contributed by atoms with Gasteiger partial charge in [0.15, 0.2) is 0 Å². The highest BCUT2D eigenvalue weighted by Crippen LogP contribution is 2.13. The molecule has 108 valence electrons. The van der Waals surface area contributed by atoms with E-state index in [2.05, 4.69) is 0 Å². The molecule has 1 N–H and O–H groups in total. The first kappa shape index (κ1) is 14.5. The molecule has 0 spiro atoms. The van der Waals surface area contributed by atoms with Gasteiger partial charge in [0.2, 0.25) is 5.91 Å². The molecule has 1 amide bonds. The maximum absolute atomic E-state index is 12.3.